The maximum atomic E-state index is 11.9. The molecule has 0 aromatic rings. The van der Waals surface area contributed by atoms with Crippen molar-refractivity contribution in [3.8, 4) is 0 Å². The minimum absolute atomic E-state index is 0.0580. The number of esters is 1. The highest BCUT2D eigenvalue weighted by molar-refractivity contribution is 8.04. The van der Waals surface area contributed by atoms with Crippen LogP contribution in [0, 0.1) is 0 Å². The van der Waals surface area contributed by atoms with Gasteiger partial charge in [-0.05, 0) is 12.8 Å². The van der Waals surface area contributed by atoms with Gasteiger partial charge in [-0.25, -0.2) is 4.79 Å². The van der Waals surface area contributed by atoms with Gasteiger partial charge in [0.1, 0.15) is 6.54 Å². The van der Waals surface area contributed by atoms with Crippen LogP contribution in [-0.2, 0) is 23.9 Å². The Morgan fingerprint density at radius 3 is 3.05 bits per heavy atom. The van der Waals surface area contributed by atoms with E-state index in [0.29, 0.717) is 11.6 Å². The molecule has 0 saturated carbocycles. The van der Waals surface area contributed by atoms with E-state index in [1.165, 1.54) is 29.8 Å². The van der Waals surface area contributed by atoms with Gasteiger partial charge < -0.3 is 14.8 Å². The summed E-state index contributed by atoms with van der Waals surface area (Å²) >= 11 is 1.22. The topological polar surface area (TPSA) is 84.9 Å². The Labute approximate surface area is 127 Å². The molecule has 0 radical (unpaired) electrons. The highest BCUT2D eigenvalue weighted by Gasteiger charge is 2.29. The van der Waals surface area contributed by atoms with Crippen LogP contribution in [0.2, 0.25) is 0 Å². The predicted molar refractivity (Wildman–Crippen MR) is 76.3 cm³/mol. The lowest BCUT2D eigenvalue weighted by Gasteiger charge is -2.17. The van der Waals surface area contributed by atoms with Gasteiger partial charge in [0, 0.05) is 13.2 Å². The molecule has 2 fully saturated rings. The average molecular weight is 314 g/mol. The molecule has 2 rings (SSSR count). The summed E-state index contributed by atoms with van der Waals surface area (Å²) < 4.78 is 9.94. The average Bonchev–Trinajstić information content (AvgIpc) is 3.09. The molecular formula is C13H18N2O5S. The third-order valence-corrected chi connectivity index (χ3v) is 4.23. The van der Waals surface area contributed by atoms with Crippen molar-refractivity contribution in [2.75, 3.05) is 32.6 Å². The maximum absolute atomic E-state index is 11.9. The Morgan fingerprint density at radius 1 is 1.57 bits per heavy atom. The van der Waals surface area contributed by atoms with Crippen LogP contribution >= 0.6 is 11.8 Å². The summed E-state index contributed by atoms with van der Waals surface area (Å²) in [4.78, 5) is 36.2. The van der Waals surface area contributed by atoms with Gasteiger partial charge in [-0.15, -0.1) is 0 Å². The number of hydrogen-bond donors (Lipinski definition) is 1. The fourth-order valence-electron chi connectivity index (χ4n) is 2.09. The summed E-state index contributed by atoms with van der Waals surface area (Å²) in [6, 6.07) is 0. The maximum Gasteiger partial charge on any atom is 0.333 e. The summed E-state index contributed by atoms with van der Waals surface area (Å²) in [5.74, 6) is -0.779. The highest BCUT2D eigenvalue weighted by Crippen LogP contribution is 2.28. The zero-order valence-corrected chi connectivity index (χ0v) is 12.6. The quantitative estimate of drug-likeness (QED) is 0.562. The smallest absolute Gasteiger partial charge is 0.333 e. The van der Waals surface area contributed by atoms with Crippen LogP contribution in [0.25, 0.3) is 0 Å². The van der Waals surface area contributed by atoms with E-state index in [1.54, 1.807) is 0 Å². The van der Waals surface area contributed by atoms with Gasteiger partial charge in [0.05, 0.1) is 30.1 Å². The summed E-state index contributed by atoms with van der Waals surface area (Å²) in [5.41, 5.74) is 0. The molecule has 0 aromatic carbocycles. The van der Waals surface area contributed by atoms with E-state index in [9.17, 15) is 14.4 Å². The summed E-state index contributed by atoms with van der Waals surface area (Å²) in [5, 5.41) is 3.19. The summed E-state index contributed by atoms with van der Waals surface area (Å²) in [6.45, 7) is 1.08. The molecule has 116 valence electrons. The number of carbonyl (C=O) groups is 3. The van der Waals surface area contributed by atoms with Crippen molar-refractivity contribution in [3.63, 3.8) is 0 Å². The molecule has 21 heavy (non-hydrogen) atoms. The highest BCUT2D eigenvalue weighted by atomic mass is 32.2. The van der Waals surface area contributed by atoms with Crippen LogP contribution in [-0.4, -0.2) is 61.3 Å². The summed E-state index contributed by atoms with van der Waals surface area (Å²) in [6.07, 6.45) is 3.23. The molecule has 0 bridgehead atoms. The molecule has 2 heterocycles. The van der Waals surface area contributed by atoms with E-state index in [2.05, 4.69) is 10.1 Å². The van der Waals surface area contributed by atoms with Crippen LogP contribution in [0.5, 0.6) is 0 Å². The Bertz CT molecular complexity index is 459. The van der Waals surface area contributed by atoms with Gasteiger partial charge in [0.15, 0.2) is 0 Å². The number of ether oxygens (including phenoxy) is 2. The minimum atomic E-state index is -0.544. The van der Waals surface area contributed by atoms with Gasteiger partial charge in [-0.1, -0.05) is 11.8 Å². The molecule has 2 amide bonds. The molecule has 7 nitrogen and oxygen atoms in total. The fraction of sp³-hybridized carbons (Fsp3) is 0.615. The second-order valence-electron chi connectivity index (χ2n) is 4.71. The lowest BCUT2D eigenvalue weighted by Crippen LogP contribution is -2.40. The van der Waals surface area contributed by atoms with E-state index in [0.717, 1.165) is 19.4 Å². The number of nitrogens with zero attached hydrogens (tertiary/aromatic N) is 1. The second kappa shape index (κ2) is 7.46. The number of rotatable bonds is 5. The van der Waals surface area contributed by atoms with Crippen LogP contribution in [0.1, 0.15) is 12.8 Å². The Morgan fingerprint density at radius 2 is 2.38 bits per heavy atom. The van der Waals surface area contributed by atoms with Gasteiger partial charge in [0.2, 0.25) is 11.8 Å². The number of amides is 2. The number of thioether (sulfide) groups is 1. The van der Waals surface area contributed by atoms with E-state index in [-0.39, 0.29) is 30.2 Å². The zero-order chi connectivity index (χ0) is 15.2. The Hall–Kier alpha value is -1.54. The third-order valence-electron chi connectivity index (χ3n) is 3.21. The first-order valence-electron chi connectivity index (χ1n) is 6.71. The number of carbonyl (C=O) groups excluding carboxylic acids is 3. The molecule has 0 spiro atoms. The van der Waals surface area contributed by atoms with E-state index < -0.39 is 5.97 Å². The molecule has 2 aliphatic rings. The third kappa shape index (κ3) is 4.47. The molecule has 1 atom stereocenters. The van der Waals surface area contributed by atoms with E-state index in [1.807, 2.05) is 0 Å². The van der Waals surface area contributed by atoms with Crippen molar-refractivity contribution < 1.29 is 23.9 Å². The Kier molecular flexibility index (Phi) is 5.63. The van der Waals surface area contributed by atoms with Gasteiger partial charge in [-0.2, -0.15) is 0 Å². The first-order chi connectivity index (χ1) is 10.1. The molecule has 0 unspecified atom stereocenters. The van der Waals surface area contributed by atoms with E-state index >= 15 is 0 Å². The molecular weight excluding hydrogens is 296 g/mol. The largest absolute Gasteiger partial charge is 0.466 e. The van der Waals surface area contributed by atoms with Crippen LogP contribution in [0.15, 0.2) is 11.1 Å². The molecule has 0 aromatic heterocycles. The second-order valence-corrected chi connectivity index (χ2v) is 5.71. The van der Waals surface area contributed by atoms with Crippen molar-refractivity contribution in [2.45, 2.75) is 18.9 Å². The van der Waals surface area contributed by atoms with Gasteiger partial charge >= 0.3 is 5.97 Å². The summed E-state index contributed by atoms with van der Waals surface area (Å²) in [7, 11) is 1.26. The molecule has 0 aliphatic carbocycles. The predicted octanol–water partition coefficient (Wildman–Crippen LogP) is -0.129. The number of hydrogen-bond acceptors (Lipinski definition) is 6. The van der Waals surface area contributed by atoms with Crippen molar-refractivity contribution in [3.05, 3.63) is 11.1 Å². The van der Waals surface area contributed by atoms with E-state index in [4.69, 9.17) is 4.74 Å². The number of nitrogens with one attached hydrogen (secondary N) is 1. The van der Waals surface area contributed by atoms with Gasteiger partial charge in [0.25, 0.3) is 0 Å². The molecule has 2 saturated heterocycles. The number of methoxy groups -OCH3 is 1. The zero-order valence-electron chi connectivity index (χ0n) is 11.8. The van der Waals surface area contributed by atoms with Crippen LogP contribution in [0.3, 0.4) is 0 Å². The SMILES string of the molecule is COC(=O)/C=C1/SCC(=O)N1CC(=O)NC[C@H]1CCCO1. The lowest BCUT2D eigenvalue weighted by molar-refractivity contribution is -0.135. The van der Waals surface area contributed by atoms with Crippen molar-refractivity contribution in [2.24, 2.45) is 0 Å². The van der Waals surface area contributed by atoms with Crippen molar-refractivity contribution >= 4 is 29.5 Å². The molecule has 8 heteroatoms. The Balaban J connectivity index is 1.86. The monoisotopic (exact) mass is 314 g/mol. The van der Waals surface area contributed by atoms with Crippen molar-refractivity contribution in [1.82, 2.24) is 10.2 Å². The minimum Gasteiger partial charge on any atom is -0.466 e. The van der Waals surface area contributed by atoms with Crippen LogP contribution in [0.4, 0.5) is 0 Å². The fourth-order valence-corrected chi connectivity index (χ4v) is 3.02. The molecule has 2 aliphatic heterocycles. The molecule has 1 N–H and O–H groups in total. The first kappa shape index (κ1) is 15.8. The van der Waals surface area contributed by atoms with Gasteiger partial charge in [-0.3, -0.25) is 14.5 Å². The first-order valence-corrected chi connectivity index (χ1v) is 7.70. The van der Waals surface area contributed by atoms with Crippen molar-refractivity contribution in [1.29, 1.82) is 0 Å². The lowest BCUT2D eigenvalue weighted by atomic mass is 10.2. The normalized spacial score (nSPS) is 23.7. The standard InChI is InChI=1S/C13H18N2O5S/c1-19-13(18)5-12-15(11(17)8-21-12)7-10(16)14-6-9-3-2-4-20-9/h5,9H,2-4,6-8H2,1H3,(H,14,16)/b12-5+/t9-/m1/s1. The van der Waals surface area contributed by atoms with Crippen LogP contribution < -0.4 is 5.32 Å².